The van der Waals surface area contributed by atoms with Crippen molar-refractivity contribution in [3.63, 3.8) is 0 Å². The van der Waals surface area contributed by atoms with Crippen LogP contribution < -0.4 is 0 Å². The third-order valence-corrected chi connectivity index (χ3v) is 2.31. The minimum absolute atomic E-state index is 0.305. The van der Waals surface area contributed by atoms with Gasteiger partial charge in [-0.2, -0.15) is 5.26 Å². The largest absolute Gasteiger partial charge is 0.460 e. The van der Waals surface area contributed by atoms with Gasteiger partial charge < -0.3 is 4.74 Å². The summed E-state index contributed by atoms with van der Waals surface area (Å²) in [5, 5.41) is 8.98. The summed E-state index contributed by atoms with van der Waals surface area (Å²) in [4.78, 5) is 11.9. The van der Waals surface area contributed by atoms with Crippen molar-refractivity contribution in [1.82, 2.24) is 0 Å². The van der Waals surface area contributed by atoms with E-state index in [0.29, 0.717) is 11.1 Å². The molecule has 1 aromatic rings. The Morgan fingerprint density at radius 2 is 1.94 bits per heavy atom. The molecular formula is C14H17NO2. The summed E-state index contributed by atoms with van der Waals surface area (Å²) < 4.78 is 5.31. The van der Waals surface area contributed by atoms with Crippen molar-refractivity contribution in [1.29, 1.82) is 5.26 Å². The summed E-state index contributed by atoms with van der Waals surface area (Å²) in [6.07, 6.45) is 0. The molecule has 0 saturated heterocycles. The van der Waals surface area contributed by atoms with Gasteiger partial charge in [-0.1, -0.05) is 18.2 Å². The molecule has 3 heteroatoms. The van der Waals surface area contributed by atoms with Crippen molar-refractivity contribution in [3.8, 4) is 6.07 Å². The summed E-state index contributed by atoms with van der Waals surface area (Å²) in [6.45, 7) is 7.24. The fraction of sp³-hybridized carbons (Fsp3) is 0.429. The predicted octanol–water partition coefficient (Wildman–Crippen LogP) is 3.00. The smallest absolute Gasteiger partial charge is 0.313 e. The minimum atomic E-state index is -0.507. The van der Waals surface area contributed by atoms with Gasteiger partial charge in [0.1, 0.15) is 5.60 Å². The number of esters is 1. The second kappa shape index (κ2) is 5.01. The number of ether oxygens (including phenoxy) is 1. The van der Waals surface area contributed by atoms with Crippen molar-refractivity contribution in [2.24, 2.45) is 0 Å². The highest BCUT2D eigenvalue weighted by atomic mass is 16.6. The zero-order chi connectivity index (χ0) is 13.1. The van der Waals surface area contributed by atoms with Gasteiger partial charge >= 0.3 is 5.97 Å². The zero-order valence-electron chi connectivity index (χ0n) is 10.7. The second-order valence-electron chi connectivity index (χ2n) is 4.95. The lowest BCUT2D eigenvalue weighted by Gasteiger charge is -2.22. The average Bonchev–Trinajstić information content (AvgIpc) is 2.25. The molecule has 1 rings (SSSR count). The molecular weight excluding hydrogens is 214 g/mol. The van der Waals surface area contributed by atoms with E-state index in [0.717, 1.165) is 0 Å². The van der Waals surface area contributed by atoms with Crippen LogP contribution in [0.15, 0.2) is 24.3 Å². The number of nitriles is 1. The van der Waals surface area contributed by atoms with E-state index in [1.54, 1.807) is 25.1 Å². The number of hydrogen-bond acceptors (Lipinski definition) is 3. The maximum absolute atomic E-state index is 11.9. The second-order valence-corrected chi connectivity index (χ2v) is 4.95. The summed E-state index contributed by atoms with van der Waals surface area (Å²) in [6, 6.07) is 9.17. The molecule has 0 radical (unpaired) electrons. The Morgan fingerprint density at radius 3 is 2.47 bits per heavy atom. The summed E-state index contributed by atoms with van der Waals surface area (Å²) in [7, 11) is 0. The van der Waals surface area contributed by atoms with Gasteiger partial charge in [-0.15, -0.1) is 0 Å². The van der Waals surface area contributed by atoms with Crippen LogP contribution in [-0.4, -0.2) is 11.6 Å². The van der Waals surface area contributed by atoms with Crippen molar-refractivity contribution in [2.45, 2.75) is 39.2 Å². The first-order valence-corrected chi connectivity index (χ1v) is 5.57. The minimum Gasteiger partial charge on any atom is -0.460 e. The molecule has 0 aliphatic heterocycles. The molecule has 0 heterocycles. The van der Waals surface area contributed by atoms with E-state index in [2.05, 4.69) is 6.07 Å². The molecule has 0 aliphatic carbocycles. The lowest BCUT2D eigenvalue weighted by Crippen LogP contribution is -2.27. The quantitative estimate of drug-likeness (QED) is 0.735. The Labute approximate surface area is 102 Å². The van der Waals surface area contributed by atoms with Gasteiger partial charge in [0, 0.05) is 0 Å². The Kier molecular flexibility index (Phi) is 3.90. The molecule has 0 amide bonds. The third-order valence-electron chi connectivity index (χ3n) is 2.31. The van der Waals surface area contributed by atoms with Crippen LogP contribution in [0.1, 0.15) is 44.7 Å². The van der Waals surface area contributed by atoms with Crippen LogP contribution in [0.3, 0.4) is 0 Å². The highest BCUT2D eigenvalue weighted by molar-refractivity contribution is 5.79. The third kappa shape index (κ3) is 3.60. The fourth-order valence-electron chi connectivity index (χ4n) is 1.49. The van der Waals surface area contributed by atoms with E-state index in [4.69, 9.17) is 10.00 Å². The molecule has 1 atom stereocenters. The first-order chi connectivity index (χ1) is 7.85. The number of nitrogens with zero attached hydrogens (tertiary/aromatic N) is 1. The molecule has 0 spiro atoms. The number of carbonyl (C=O) groups is 1. The monoisotopic (exact) mass is 231 g/mol. The van der Waals surface area contributed by atoms with Gasteiger partial charge in [-0.05, 0) is 39.3 Å². The Bertz CT molecular complexity index is 452. The molecule has 0 N–H and O–H groups in total. The van der Waals surface area contributed by atoms with Gasteiger partial charge in [-0.25, -0.2) is 0 Å². The summed E-state index contributed by atoms with van der Waals surface area (Å²) >= 11 is 0. The van der Waals surface area contributed by atoms with Crippen molar-refractivity contribution in [3.05, 3.63) is 35.4 Å². The Hall–Kier alpha value is -1.82. The fourth-order valence-corrected chi connectivity index (χ4v) is 1.49. The van der Waals surface area contributed by atoms with Crippen LogP contribution in [0.2, 0.25) is 0 Å². The van der Waals surface area contributed by atoms with E-state index >= 15 is 0 Å². The normalized spacial score (nSPS) is 12.6. The van der Waals surface area contributed by atoms with Gasteiger partial charge in [0.25, 0.3) is 0 Å². The molecule has 0 bridgehead atoms. The maximum atomic E-state index is 11.9. The van der Waals surface area contributed by atoms with E-state index < -0.39 is 11.5 Å². The van der Waals surface area contributed by atoms with Crippen LogP contribution in [-0.2, 0) is 9.53 Å². The van der Waals surface area contributed by atoms with Crippen molar-refractivity contribution < 1.29 is 9.53 Å². The summed E-state index contributed by atoms with van der Waals surface area (Å²) in [5.74, 6) is -0.731. The van der Waals surface area contributed by atoms with Gasteiger partial charge in [-0.3, -0.25) is 4.79 Å². The standard InChI is InChI=1S/C14H17NO2/c1-10(13(16)17-14(2,3)4)12-8-6-5-7-11(12)9-15/h5-8,10H,1-4H3/t10-/m0/s1. The molecule has 17 heavy (non-hydrogen) atoms. The lowest BCUT2D eigenvalue weighted by atomic mass is 9.96. The molecule has 90 valence electrons. The molecule has 1 aromatic carbocycles. The first kappa shape index (κ1) is 13.2. The average molecular weight is 231 g/mol. The molecule has 0 fully saturated rings. The van der Waals surface area contributed by atoms with Crippen LogP contribution in [0.5, 0.6) is 0 Å². The summed E-state index contributed by atoms with van der Waals surface area (Å²) in [5.41, 5.74) is 0.725. The van der Waals surface area contributed by atoms with Crippen LogP contribution in [0.4, 0.5) is 0 Å². The predicted molar refractivity (Wildman–Crippen MR) is 65.4 cm³/mol. The molecule has 0 aliphatic rings. The molecule has 0 saturated carbocycles. The number of hydrogen-bond donors (Lipinski definition) is 0. The SMILES string of the molecule is C[C@H](C(=O)OC(C)(C)C)c1ccccc1C#N. The van der Waals surface area contributed by atoms with Crippen LogP contribution in [0, 0.1) is 11.3 Å². The Morgan fingerprint density at radius 1 is 1.35 bits per heavy atom. The van der Waals surface area contributed by atoms with Crippen molar-refractivity contribution >= 4 is 5.97 Å². The molecule has 0 aromatic heterocycles. The topological polar surface area (TPSA) is 50.1 Å². The van der Waals surface area contributed by atoms with E-state index in [1.807, 2.05) is 26.8 Å². The first-order valence-electron chi connectivity index (χ1n) is 5.57. The van der Waals surface area contributed by atoms with Gasteiger partial charge in [0.2, 0.25) is 0 Å². The Balaban J connectivity index is 2.94. The van der Waals surface area contributed by atoms with E-state index in [1.165, 1.54) is 0 Å². The van der Waals surface area contributed by atoms with Gasteiger partial charge in [0.05, 0.1) is 17.6 Å². The van der Waals surface area contributed by atoms with Crippen LogP contribution in [0.25, 0.3) is 0 Å². The molecule has 0 unspecified atom stereocenters. The highest BCUT2D eigenvalue weighted by Gasteiger charge is 2.24. The lowest BCUT2D eigenvalue weighted by molar-refractivity contribution is -0.156. The van der Waals surface area contributed by atoms with Crippen molar-refractivity contribution in [2.75, 3.05) is 0 Å². The number of benzene rings is 1. The maximum Gasteiger partial charge on any atom is 0.313 e. The number of carbonyl (C=O) groups excluding carboxylic acids is 1. The van der Waals surface area contributed by atoms with E-state index in [-0.39, 0.29) is 5.97 Å². The highest BCUT2D eigenvalue weighted by Crippen LogP contribution is 2.22. The number of rotatable bonds is 2. The van der Waals surface area contributed by atoms with Crippen LogP contribution >= 0.6 is 0 Å². The molecule has 3 nitrogen and oxygen atoms in total. The van der Waals surface area contributed by atoms with Gasteiger partial charge in [0.15, 0.2) is 0 Å². The van der Waals surface area contributed by atoms with E-state index in [9.17, 15) is 4.79 Å². The zero-order valence-corrected chi connectivity index (χ0v) is 10.7.